The molecular weight excluding hydrogens is 202 g/mol. The molecule has 0 fully saturated rings. The molecule has 0 bridgehead atoms. The van der Waals surface area contributed by atoms with Crippen molar-refractivity contribution >= 4 is 0 Å². The molecule has 0 spiro atoms. The number of hydrogen-bond acceptors (Lipinski definition) is 3. The van der Waals surface area contributed by atoms with Crippen LogP contribution in [0.2, 0.25) is 0 Å². The van der Waals surface area contributed by atoms with Crippen LogP contribution in [0.5, 0.6) is 0 Å². The van der Waals surface area contributed by atoms with Gasteiger partial charge in [0.25, 0.3) is 0 Å². The Kier molecular flexibility index (Phi) is 4.66. The summed E-state index contributed by atoms with van der Waals surface area (Å²) in [6.07, 6.45) is 5.33. The van der Waals surface area contributed by atoms with Gasteiger partial charge in [0.05, 0.1) is 12.8 Å². The molecule has 4 heteroatoms. The van der Waals surface area contributed by atoms with Crippen molar-refractivity contribution in [3.05, 3.63) is 41.9 Å². The van der Waals surface area contributed by atoms with E-state index in [0.29, 0.717) is 0 Å². The highest BCUT2D eigenvalue weighted by molar-refractivity contribution is 5.27. The second kappa shape index (κ2) is 6.02. The van der Waals surface area contributed by atoms with E-state index in [0.717, 1.165) is 16.9 Å². The van der Waals surface area contributed by atoms with E-state index in [4.69, 9.17) is 5.11 Å². The summed E-state index contributed by atoms with van der Waals surface area (Å²) in [7, 11) is 0. The topological polar surface area (TPSA) is 50.9 Å². The first-order valence-electron chi connectivity index (χ1n) is 5.37. The summed E-state index contributed by atoms with van der Waals surface area (Å²) >= 11 is 0. The summed E-state index contributed by atoms with van der Waals surface area (Å²) in [5, 5.41) is 13.1. The zero-order chi connectivity index (χ0) is 12.0. The lowest BCUT2D eigenvalue weighted by molar-refractivity contribution is 0.281. The van der Waals surface area contributed by atoms with E-state index in [1.807, 2.05) is 33.0 Å². The SMILES string of the molecule is CC.Cc1cnn(-c2cc(CO)ccn2)c1. The Hall–Kier alpha value is -1.68. The highest BCUT2D eigenvalue weighted by Gasteiger charge is 2.00. The van der Waals surface area contributed by atoms with Crippen molar-refractivity contribution in [1.29, 1.82) is 0 Å². The Morgan fingerprint density at radius 3 is 2.69 bits per heavy atom. The van der Waals surface area contributed by atoms with Gasteiger partial charge >= 0.3 is 0 Å². The number of nitrogens with zero attached hydrogens (tertiary/aromatic N) is 3. The molecule has 4 nitrogen and oxygen atoms in total. The number of aromatic nitrogens is 3. The zero-order valence-corrected chi connectivity index (χ0v) is 9.88. The van der Waals surface area contributed by atoms with Crippen LogP contribution in [0.3, 0.4) is 0 Å². The first-order valence-corrected chi connectivity index (χ1v) is 5.37. The van der Waals surface area contributed by atoms with Gasteiger partial charge in [0.2, 0.25) is 0 Å². The van der Waals surface area contributed by atoms with Crippen molar-refractivity contribution < 1.29 is 5.11 Å². The smallest absolute Gasteiger partial charge is 0.153 e. The minimum atomic E-state index is 0.0236. The molecule has 0 aliphatic rings. The number of aliphatic hydroxyl groups is 1. The Morgan fingerprint density at radius 1 is 1.38 bits per heavy atom. The molecule has 2 rings (SSSR count). The van der Waals surface area contributed by atoms with Gasteiger partial charge in [0, 0.05) is 12.4 Å². The van der Waals surface area contributed by atoms with Crippen molar-refractivity contribution in [2.75, 3.05) is 0 Å². The number of pyridine rings is 1. The lowest BCUT2D eigenvalue weighted by Gasteiger charge is -2.01. The molecule has 0 radical (unpaired) electrons. The van der Waals surface area contributed by atoms with E-state index in [-0.39, 0.29) is 6.61 Å². The van der Waals surface area contributed by atoms with E-state index < -0.39 is 0 Å². The normalized spacial score (nSPS) is 9.50. The quantitative estimate of drug-likeness (QED) is 0.841. The summed E-state index contributed by atoms with van der Waals surface area (Å²) in [4.78, 5) is 4.16. The lowest BCUT2D eigenvalue weighted by Crippen LogP contribution is -1.98. The standard InChI is InChI=1S/C10H11N3O.C2H6/c1-8-5-12-13(6-8)10-4-9(7-14)2-3-11-10;1-2/h2-6,14H,7H2,1H3;1-2H3. The molecule has 2 heterocycles. The van der Waals surface area contributed by atoms with E-state index >= 15 is 0 Å². The Bertz CT molecular complexity index is 437. The van der Waals surface area contributed by atoms with Gasteiger partial charge in [-0.15, -0.1) is 0 Å². The van der Waals surface area contributed by atoms with Gasteiger partial charge in [-0.05, 0) is 30.2 Å². The Labute approximate surface area is 95.6 Å². The average molecular weight is 219 g/mol. The highest BCUT2D eigenvalue weighted by Crippen LogP contribution is 2.07. The Balaban J connectivity index is 0.000000606. The predicted molar refractivity (Wildman–Crippen MR) is 63.4 cm³/mol. The number of hydrogen-bond donors (Lipinski definition) is 1. The molecule has 86 valence electrons. The Morgan fingerprint density at radius 2 is 2.12 bits per heavy atom. The van der Waals surface area contributed by atoms with Gasteiger partial charge in [-0.2, -0.15) is 5.10 Å². The first-order chi connectivity index (χ1) is 7.79. The summed E-state index contributed by atoms with van der Waals surface area (Å²) in [6, 6.07) is 3.59. The van der Waals surface area contributed by atoms with Gasteiger partial charge in [0.1, 0.15) is 0 Å². The number of aliphatic hydroxyl groups excluding tert-OH is 1. The fraction of sp³-hybridized carbons (Fsp3) is 0.333. The molecule has 1 N–H and O–H groups in total. The van der Waals surface area contributed by atoms with Gasteiger partial charge in [-0.1, -0.05) is 13.8 Å². The second-order valence-corrected chi connectivity index (χ2v) is 3.14. The van der Waals surface area contributed by atoms with Gasteiger partial charge in [0.15, 0.2) is 5.82 Å². The van der Waals surface area contributed by atoms with E-state index in [2.05, 4.69) is 10.1 Å². The lowest BCUT2D eigenvalue weighted by atomic mass is 10.3. The number of aryl methyl sites for hydroxylation is 1. The van der Waals surface area contributed by atoms with E-state index in [1.165, 1.54) is 0 Å². The van der Waals surface area contributed by atoms with Crippen LogP contribution in [0.4, 0.5) is 0 Å². The highest BCUT2D eigenvalue weighted by atomic mass is 16.3. The molecule has 0 saturated carbocycles. The molecular formula is C12H17N3O. The third-order valence-electron chi connectivity index (χ3n) is 1.94. The maximum Gasteiger partial charge on any atom is 0.153 e. The molecule has 2 aromatic heterocycles. The van der Waals surface area contributed by atoms with Crippen LogP contribution in [0.15, 0.2) is 30.7 Å². The minimum Gasteiger partial charge on any atom is -0.392 e. The maximum atomic E-state index is 8.96. The van der Waals surface area contributed by atoms with Crippen LogP contribution in [0.1, 0.15) is 25.0 Å². The van der Waals surface area contributed by atoms with Gasteiger partial charge in [-0.25, -0.2) is 9.67 Å². The molecule has 0 atom stereocenters. The van der Waals surface area contributed by atoms with E-state index in [9.17, 15) is 0 Å². The van der Waals surface area contributed by atoms with E-state index in [1.54, 1.807) is 23.1 Å². The molecule has 0 saturated heterocycles. The molecule has 0 amide bonds. The zero-order valence-electron chi connectivity index (χ0n) is 9.88. The molecule has 0 aliphatic heterocycles. The van der Waals surface area contributed by atoms with Crippen molar-refractivity contribution in [3.63, 3.8) is 0 Å². The summed E-state index contributed by atoms with van der Waals surface area (Å²) in [6.45, 7) is 6.00. The van der Waals surface area contributed by atoms with Crippen LogP contribution in [-0.4, -0.2) is 19.9 Å². The van der Waals surface area contributed by atoms with Crippen molar-refractivity contribution in [1.82, 2.24) is 14.8 Å². The van der Waals surface area contributed by atoms with Crippen molar-refractivity contribution in [2.45, 2.75) is 27.4 Å². The average Bonchev–Trinajstić information content (AvgIpc) is 2.79. The monoisotopic (exact) mass is 219 g/mol. The molecule has 0 unspecified atom stereocenters. The summed E-state index contributed by atoms with van der Waals surface area (Å²) in [5.74, 6) is 0.727. The third-order valence-corrected chi connectivity index (χ3v) is 1.94. The van der Waals surface area contributed by atoms with Crippen LogP contribution in [0.25, 0.3) is 5.82 Å². The number of rotatable bonds is 2. The van der Waals surface area contributed by atoms with Crippen LogP contribution in [0, 0.1) is 6.92 Å². The van der Waals surface area contributed by atoms with Gasteiger partial charge in [-0.3, -0.25) is 0 Å². The summed E-state index contributed by atoms with van der Waals surface area (Å²) < 4.78 is 1.69. The fourth-order valence-corrected chi connectivity index (χ4v) is 1.22. The fourth-order valence-electron chi connectivity index (χ4n) is 1.22. The van der Waals surface area contributed by atoms with Crippen LogP contribution in [-0.2, 0) is 6.61 Å². The predicted octanol–water partition coefficient (Wildman–Crippen LogP) is 2.09. The largest absolute Gasteiger partial charge is 0.392 e. The van der Waals surface area contributed by atoms with Crippen molar-refractivity contribution in [2.24, 2.45) is 0 Å². The summed E-state index contributed by atoms with van der Waals surface area (Å²) in [5.41, 5.74) is 1.92. The van der Waals surface area contributed by atoms with Gasteiger partial charge < -0.3 is 5.11 Å². The third kappa shape index (κ3) is 2.90. The minimum absolute atomic E-state index is 0.0236. The molecule has 16 heavy (non-hydrogen) atoms. The molecule has 2 aromatic rings. The second-order valence-electron chi connectivity index (χ2n) is 3.14. The molecule has 0 aromatic carbocycles. The maximum absolute atomic E-state index is 8.96. The molecule has 0 aliphatic carbocycles. The van der Waals surface area contributed by atoms with Crippen LogP contribution >= 0.6 is 0 Å². The van der Waals surface area contributed by atoms with Crippen LogP contribution < -0.4 is 0 Å². The van der Waals surface area contributed by atoms with Crippen molar-refractivity contribution in [3.8, 4) is 5.82 Å². The first kappa shape index (κ1) is 12.4.